The molecule has 2 aromatic heterocycles. The van der Waals surface area contributed by atoms with E-state index in [1.807, 2.05) is 47.3 Å². The summed E-state index contributed by atoms with van der Waals surface area (Å²) in [6, 6.07) is 9.50. The number of H-pyrrole nitrogens is 1. The summed E-state index contributed by atoms with van der Waals surface area (Å²) in [5.41, 5.74) is 2.66. The first-order valence-corrected chi connectivity index (χ1v) is 8.87. The van der Waals surface area contributed by atoms with Crippen molar-refractivity contribution < 1.29 is 4.79 Å². The van der Waals surface area contributed by atoms with Crippen molar-refractivity contribution in [3.05, 3.63) is 48.5 Å². The molecule has 1 aromatic carbocycles. The van der Waals surface area contributed by atoms with Gasteiger partial charge in [-0.1, -0.05) is 27.7 Å². The molecule has 25 heavy (non-hydrogen) atoms. The summed E-state index contributed by atoms with van der Waals surface area (Å²) in [7, 11) is 0. The standard InChI is InChI=1S/C20H26N4O/c1-13(2)11-18(24-9-5-6-10-24)20(25)21-15-7-8-16-17(12-15)23-19(22-16)14(3)4/h5-10,12-14,18H,11H2,1-4H3,(H,21,25)(H,22,23)/t18-/m0/s1. The molecule has 0 unspecified atom stereocenters. The van der Waals surface area contributed by atoms with Crippen LogP contribution in [0.1, 0.15) is 51.9 Å². The molecule has 0 bridgehead atoms. The van der Waals surface area contributed by atoms with Crippen molar-refractivity contribution in [2.45, 2.75) is 46.1 Å². The lowest BCUT2D eigenvalue weighted by Gasteiger charge is -2.20. The summed E-state index contributed by atoms with van der Waals surface area (Å²) < 4.78 is 1.97. The fourth-order valence-corrected chi connectivity index (χ4v) is 2.97. The van der Waals surface area contributed by atoms with E-state index in [4.69, 9.17) is 0 Å². The lowest BCUT2D eigenvalue weighted by Crippen LogP contribution is -2.26. The third-order valence-electron chi connectivity index (χ3n) is 4.30. The van der Waals surface area contributed by atoms with E-state index in [1.54, 1.807) is 0 Å². The van der Waals surface area contributed by atoms with Crippen molar-refractivity contribution in [2.75, 3.05) is 5.32 Å². The third-order valence-corrected chi connectivity index (χ3v) is 4.30. The number of nitrogens with one attached hydrogen (secondary N) is 2. The summed E-state index contributed by atoms with van der Waals surface area (Å²) in [6.07, 6.45) is 4.68. The molecule has 0 aliphatic carbocycles. The largest absolute Gasteiger partial charge is 0.342 e. The molecule has 0 radical (unpaired) electrons. The highest BCUT2D eigenvalue weighted by Gasteiger charge is 2.21. The fraction of sp³-hybridized carbons (Fsp3) is 0.400. The number of carbonyl (C=O) groups is 1. The number of anilines is 1. The minimum absolute atomic E-state index is 0.00727. The van der Waals surface area contributed by atoms with Gasteiger partial charge in [0, 0.05) is 24.0 Å². The molecule has 0 spiro atoms. The van der Waals surface area contributed by atoms with Crippen LogP contribution in [-0.2, 0) is 4.79 Å². The molecular weight excluding hydrogens is 312 g/mol. The second kappa shape index (κ2) is 7.13. The van der Waals surface area contributed by atoms with Gasteiger partial charge in [-0.25, -0.2) is 4.98 Å². The van der Waals surface area contributed by atoms with Crippen molar-refractivity contribution in [3.8, 4) is 0 Å². The van der Waals surface area contributed by atoms with Crippen LogP contribution >= 0.6 is 0 Å². The average molecular weight is 338 g/mol. The Balaban J connectivity index is 1.82. The van der Waals surface area contributed by atoms with Crippen LogP contribution in [-0.4, -0.2) is 20.4 Å². The summed E-state index contributed by atoms with van der Waals surface area (Å²) in [5.74, 6) is 1.74. The SMILES string of the molecule is CC(C)C[C@@H](C(=O)Nc1ccc2nc(C(C)C)[nH]c2c1)n1cccc1. The smallest absolute Gasteiger partial charge is 0.247 e. The van der Waals surface area contributed by atoms with E-state index in [2.05, 4.69) is 43.0 Å². The second-order valence-corrected chi connectivity index (χ2v) is 7.27. The zero-order valence-electron chi connectivity index (χ0n) is 15.3. The van der Waals surface area contributed by atoms with Gasteiger partial charge < -0.3 is 14.9 Å². The van der Waals surface area contributed by atoms with Gasteiger partial charge in [0.2, 0.25) is 5.91 Å². The molecule has 0 saturated carbocycles. The molecule has 132 valence electrons. The average Bonchev–Trinajstić information content (AvgIpc) is 3.21. The maximum atomic E-state index is 12.8. The summed E-state index contributed by atoms with van der Waals surface area (Å²) in [4.78, 5) is 20.7. The van der Waals surface area contributed by atoms with Crippen LogP contribution in [0.15, 0.2) is 42.7 Å². The van der Waals surface area contributed by atoms with E-state index in [-0.39, 0.29) is 11.9 Å². The Morgan fingerprint density at radius 1 is 1.20 bits per heavy atom. The Labute approximate surface area is 148 Å². The molecular formula is C20H26N4O. The zero-order chi connectivity index (χ0) is 18.0. The molecule has 0 saturated heterocycles. The van der Waals surface area contributed by atoms with Crippen LogP contribution < -0.4 is 5.32 Å². The Morgan fingerprint density at radius 3 is 2.56 bits per heavy atom. The van der Waals surface area contributed by atoms with E-state index >= 15 is 0 Å². The summed E-state index contributed by atoms with van der Waals surface area (Å²) in [5, 5.41) is 3.06. The Morgan fingerprint density at radius 2 is 1.92 bits per heavy atom. The first kappa shape index (κ1) is 17.3. The van der Waals surface area contributed by atoms with Crippen molar-refractivity contribution in [1.29, 1.82) is 0 Å². The molecule has 3 rings (SSSR count). The number of imidazole rings is 1. The number of nitrogens with zero attached hydrogens (tertiary/aromatic N) is 2. The number of aromatic nitrogens is 3. The highest BCUT2D eigenvalue weighted by Crippen LogP contribution is 2.23. The molecule has 2 heterocycles. The van der Waals surface area contributed by atoms with E-state index in [1.165, 1.54) is 0 Å². The highest BCUT2D eigenvalue weighted by molar-refractivity contribution is 5.95. The number of rotatable bonds is 6. The van der Waals surface area contributed by atoms with Gasteiger partial charge in [-0.2, -0.15) is 0 Å². The quantitative estimate of drug-likeness (QED) is 0.683. The number of hydrogen-bond acceptors (Lipinski definition) is 2. The topological polar surface area (TPSA) is 62.7 Å². The Bertz CT molecular complexity index is 846. The highest BCUT2D eigenvalue weighted by atomic mass is 16.2. The van der Waals surface area contributed by atoms with Crippen LogP contribution in [0.3, 0.4) is 0 Å². The van der Waals surface area contributed by atoms with Crippen molar-refractivity contribution >= 4 is 22.6 Å². The van der Waals surface area contributed by atoms with E-state index in [0.29, 0.717) is 11.8 Å². The van der Waals surface area contributed by atoms with E-state index in [0.717, 1.165) is 29.0 Å². The number of benzene rings is 1. The molecule has 2 N–H and O–H groups in total. The van der Waals surface area contributed by atoms with Crippen molar-refractivity contribution in [3.63, 3.8) is 0 Å². The Hall–Kier alpha value is -2.56. The third kappa shape index (κ3) is 3.92. The first-order chi connectivity index (χ1) is 11.9. The normalized spacial score (nSPS) is 12.9. The monoisotopic (exact) mass is 338 g/mol. The van der Waals surface area contributed by atoms with Crippen LogP contribution in [0.2, 0.25) is 0 Å². The van der Waals surface area contributed by atoms with Crippen LogP contribution in [0, 0.1) is 5.92 Å². The number of fused-ring (bicyclic) bond motifs is 1. The molecule has 5 heteroatoms. The predicted molar refractivity (Wildman–Crippen MR) is 102 cm³/mol. The molecule has 0 aliphatic heterocycles. The number of carbonyl (C=O) groups excluding carboxylic acids is 1. The van der Waals surface area contributed by atoms with Crippen LogP contribution in [0.5, 0.6) is 0 Å². The van der Waals surface area contributed by atoms with Gasteiger partial charge in [0.05, 0.1) is 11.0 Å². The second-order valence-electron chi connectivity index (χ2n) is 7.27. The van der Waals surface area contributed by atoms with Gasteiger partial charge in [-0.05, 0) is 42.7 Å². The van der Waals surface area contributed by atoms with E-state index < -0.39 is 0 Å². The maximum absolute atomic E-state index is 12.8. The van der Waals surface area contributed by atoms with Crippen molar-refractivity contribution in [1.82, 2.24) is 14.5 Å². The number of aromatic amines is 1. The summed E-state index contributed by atoms with van der Waals surface area (Å²) >= 11 is 0. The minimum atomic E-state index is -0.210. The molecule has 3 aromatic rings. The summed E-state index contributed by atoms with van der Waals surface area (Å²) in [6.45, 7) is 8.48. The van der Waals surface area contributed by atoms with Gasteiger partial charge in [-0.15, -0.1) is 0 Å². The van der Waals surface area contributed by atoms with E-state index in [9.17, 15) is 4.79 Å². The van der Waals surface area contributed by atoms with Crippen molar-refractivity contribution in [2.24, 2.45) is 5.92 Å². The van der Waals surface area contributed by atoms with Gasteiger partial charge >= 0.3 is 0 Å². The fourth-order valence-electron chi connectivity index (χ4n) is 2.97. The minimum Gasteiger partial charge on any atom is -0.342 e. The molecule has 0 fully saturated rings. The molecule has 1 atom stereocenters. The molecule has 5 nitrogen and oxygen atoms in total. The first-order valence-electron chi connectivity index (χ1n) is 8.87. The van der Waals surface area contributed by atoms with Gasteiger partial charge in [0.25, 0.3) is 0 Å². The maximum Gasteiger partial charge on any atom is 0.247 e. The van der Waals surface area contributed by atoms with Crippen LogP contribution in [0.25, 0.3) is 11.0 Å². The Kier molecular flexibility index (Phi) is 4.93. The molecule has 0 aliphatic rings. The lowest BCUT2D eigenvalue weighted by molar-refractivity contribution is -0.119. The van der Waals surface area contributed by atoms with Crippen LogP contribution in [0.4, 0.5) is 5.69 Å². The van der Waals surface area contributed by atoms with Gasteiger partial charge in [0.15, 0.2) is 0 Å². The zero-order valence-corrected chi connectivity index (χ0v) is 15.3. The number of amides is 1. The number of hydrogen-bond donors (Lipinski definition) is 2. The predicted octanol–water partition coefficient (Wildman–Crippen LogP) is 4.71. The van der Waals surface area contributed by atoms with Gasteiger partial charge in [0.1, 0.15) is 11.9 Å². The van der Waals surface area contributed by atoms with Gasteiger partial charge in [-0.3, -0.25) is 4.79 Å². The molecule has 1 amide bonds. The lowest BCUT2D eigenvalue weighted by atomic mass is 10.0.